The quantitative estimate of drug-likeness (QED) is 0.176. The first kappa shape index (κ1) is 27.8. The second-order valence-electron chi connectivity index (χ2n) is 13.5. The third kappa shape index (κ3) is 3.84. The maximum absolute atomic E-state index is 14.0. The lowest BCUT2D eigenvalue weighted by Crippen LogP contribution is -2.59. The van der Waals surface area contributed by atoms with Gasteiger partial charge in [-0.25, -0.2) is 9.69 Å². The molecule has 3 atom stereocenters. The number of hydrogen-bond acceptors (Lipinski definition) is 3. The van der Waals surface area contributed by atoms with Gasteiger partial charge in [0, 0.05) is 21.8 Å². The molecule has 0 saturated heterocycles. The highest BCUT2D eigenvalue weighted by Gasteiger charge is 2.44. The maximum Gasteiger partial charge on any atom is 0.424 e. The van der Waals surface area contributed by atoms with Crippen LogP contribution in [0.3, 0.4) is 0 Å². The molecule has 2 aliphatic heterocycles. The number of fused-ring (bicyclic) bond motifs is 10. The standard InChI is InChI=1S/C39H32BNO3.C2H6/c1-22-8-6-9-23-16-17-24(20-23)28-21-34-36-27(35(22)28)18-19-30-37(36)41(39(42)44-34)32-14-4-3-12-29(32)40(30)31-13-7-11-26-25-10-2-5-15-33(25)43-38(26)31;1-2/h2-5,7,10-15,18-19,21-24H,6,8-9,16-17,20H2,1H3;1-2H3. The molecule has 1 amide bonds. The average Bonchev–Trinajstić information content (AvgIpc) is 3.73. The molecule has 2 aliphatic carbocycles. The second-order valence-corrected chi connectivity index (χ2v) is 13.5. The van der Waals surface area contributed by atoms with Gasteiger partial charge in [0.15, 0.2) is 0 Å². The van der Waals surface area contributed by atoms with E-state index in [1.165, 1.54) is 55.0 Å². The first-order valence-electron chi connectivity index (χ1n) is 17.3. The summed E-state index contributed by atoms with van der Waals surface area (Å²) in [6.45, 7) is 6.31. The van der Waals surface area contributed by atoms with Crippen molar-refractivity contribution in [3.63, 3.8) is 0 Å². The topological polar surface area (TPSA) is 42.7 Å². The third-order valence-electron chi connectivity index (χ3n) is 11.2. The van der Waals surface area contributed by atoms with Crippen LogP contribution in [0.15, 0.2) is 89.3 Å². The number of nitrogens with zero attached hydrogens (tertiary/aromatic N) is 1. The van der Waals surface area contributed by atoms with Crippen molar-refractivity contribution in [1.82, 2.24) is 0 Å². The summed E-state index contributed by atoms with van der Waals surface area (Å²) in [7, 11) is 0. The van der Waals surface area contributed by atoms with Gasteiger partial charge in [0.2, 0.25) is 0 Å². The van der Waals surface area contributed by atoms with Gasteiger partial charge in [0.1, 0.15) is 16.9 Å². The molecule has 0 spiro atoms. The van der Waals surface area contributed by atoms with Gasteiger partial charge in [-0.3, -0.25) is 0 Å². The van der Waals surface area contributed by atoms with Gasteiger partial charge in [-0.1, -0.05) is 100 Å². The summed E-state index contributed by atoms with van der Waals surface area (Å²) in [6.07, 6.45) is 7.30. The average molecular weight is 604 g/mol. The highest BCUT2D eigenvalue weighted by atomic mass is 16.6. The van der Waals surface area contributed by atoms with Gasteiger partial charge in [0.05, 0.1) is 5.69 Å². The number of ether oxygens (including phenoxy) is 1. The van der Waals surface area contributed by atoms with Gasteiger partial charge < -0.3 is 9.15 Å². The van der Waals surface area contributed by atoms with Crippen molar-refractivity contribution in [3.8, 4) is 5.75 Å². The monoisotopic (exact) mass is 603 g/mol. The van der Waals surface area contributed by atoms with E-state index in [1.807, 2.05) is 36.9 Å². The summed E-state index contributed by atoms with van der Waals surface area (Å²) in [5.41, 5.74) is 9.89. The first-order chi connectivity index (χ1) is 22.7. The summed E-state index contributed by atoms with van der Waals surface area (Å²) < 4.78 is 12.9. The number of carbonyl (C=O) groups excluding carboxylic acids is 1. The molecule has 228 valence electrons. The van der Waals surface area contributed by atoms with Crippen molar-refractivity contribution in [1.29, 1.82) is 0 Å². The van der Waals surface area contributed by atoms with Crippen LogP contribution in [0.5, 0.6) is 5.75 Å². The molecule has 0 N–H and O–H groups in total. The van der Waals surface area contributed by atoms with Gasteiger partial charge in [-0.2, -0.15) is 0 Å². The summed E-state index contributed by atoms with van der Waals surface area (Å²) in [5, 5.41) is 4.58. The molecule has 10 rings (SSSR count). The van der Waals surface area contributed by atoms with Crippen molar-refractivity contribution in [2.24, 2.45) is 5.92 Å². The van der Waals surface area contributed by atoms with Gasteiger partial charge in [0.25, 0.3) is 6.71 Å². The zero-order valence-electron chi connectivity index (χ0n) is 26.8. The van der Waals surface area contributed by atoms with Crippen LogP contribution in [0.1, 0.15) is 82.3 Å². The van der Waals surface area contributed by atoms with Crippen LogP contribution in [0.2, 0.25) is 0 Å². The molecule has 4 aliphatic rings. The summed E-state index contributed by atoms with van der Waals surface area (Å²) in [5.74, 6) is 2.55. The number of furan rings is 1. The van der Waals surface area contributed by atoms with Crippen molar-refractivity contribution in [2.75, 3.05) is 4.90 Å². The van der Waals surface area contributed by atoms with Crippen LogP contribution in [0.4, 0.5) is 16.2 Å². The minimum Gasteiger partial charge on any atom is -0.457 e. The second kappa shape index (κ2) is 10.5. The lowest BCUT2D eigenvalue weighted by molar-refractivity contribution is 0.210. The Balaban J connectivity index is 0.00000143. The molecular weight excluding hydrogens is 565 g/mol. The van der Waals surface area contributed by atoms with E-state index in [0.717, 1.165) is 66.8 Å². The molecule has 5 aromatic carbocycles. The SMILES string of the molecule is CC.CC1CCCC2CCC(C2)c2cc3c4c5c(ccc4c21)B(c1cccc2c1oc1ccccc12)c1ccccc1N5C(=O)O3. The zero-order chi connectivity index (χ0) is 31.1. The first-order valence-corrected chi connectivity index (χ1v) is 17.3. The maximum atomic E-state index is 14.0. The normalized spacial score (nSPS) is 21.2. The van der Waals surface area contributed by atoms with E-state index in [2.05, 4.69) is 73.7 Å². The fourth-order valence-electron chi connectivity index (χ4n) is 9.33. The van der Waals surface area contributed by atoms with E-state index in [0.29, 0.717) is 11.8 Å². The number of benzene rings is 5. The van der Waals surface area contributed by atoms with Crippen molar-refractivity contribution >= 4 is 73.3 Å². The Morgan fingerprint density at radius 2 is 1.59 bits per heavy atom. The Morgan fingerprint density at radius 3 is 2.50 bits per heavy atom. The lowest BCUT2D eigenvalue weighted by Gasteiger charge is -2.39. The predicted molar refractivity (Wildman–Crippen MR) is 191 cm³/mol. The number of carbonyl (C=O) groups is 1. The number of anilines is 2. The summed E-state index contributed by atoms with van der Waals surface area (Å²) in [6, 6.07) is 30.0. The van der Waals surface area contributed by atoms with Crippen LogP contribution in [-0.4, -0.2) is 12.8 Å². The van der Waals surface area contributed by atoms with E-state index >= 15 is 0 Å². The van der Waals surface area contributed by atoms with E-state index in [1.54, 1.807) is 0 Å². The Labute approximate surface area is 270 Å². The number of hydrogen-bond donors (Lipinski definition) is 0. The number of para-hydroxylation sites is 3. The Bertz CT molecular complexity index is 2200. The smallest absolute Gasteiger partial charge is 0.424 e. The highest BCUT2D eigenvalue weighted by Crippen LogP contribution is 2.52. The predicted octanol–water partition coefficient (Wildman–Crippen LogP) is 9.42. The van der Waals surface area contributed by atoms with E-state index in [4.69, 9.17) is 9.15 Å². The summed E-state index contributed by atoms with van der Waals surface area (Å²) >= 11 is 0. The van der Waals surface area contributed by atoms with Crippen LogP contribution in [0, 0.1) is 5.92 Å². The van der Waals surface area contributed by atoms with Crippen LogP contribution >= 0.6 is 0 Å². The largest absolute Gasteiger partial charge is 0.457 e. The molecule has 6 aromatic rings. The Morgan fingerprint density at radius 1 is 0.783 bits per heavy atom. The molecule has 1 aromatic heterocycles. The van der Waals surface area contributed by atoms with E-state index < -0.39 is 0 Å². The molecule has 0 radical (unpaired) electrons. The molecule has 1 saturated carbocycles. The van der Waals surface area contributed by atoms with Crippen LogP contribution < -0.4 is 26.0 Å². The highest BCUT2D eigenvalue weighted by molar-refractivity contribution is 6.99. The number of amides is 1. The molecule has 2 bridgehead atoms. The fourth-order valence-corrected chi connectivity index (χ4v) is 9.33. The fraction of sp³-hybridized carbons (Fsp3) is 0.293. The lowest BCUT2D eigenvalue weighted by atomic mass is 9.35. The van der Waals surface area contributed by atoms with E-state index in [9.17, 15) is 4.79 Å². The number of rotatable bonds is 1. The van der Waals surface area contributed by atoms with Crippen molar-refractivity contribution < 1.29 is 13.9 Å². The third-order valence-corrected chi connectivity index (χ3v) is 11.2. The minimum atomic E-state index is -0.320. The minimum absolute atomic E-state index is 0.0944. The summed E-state index contributed by atoms with van der Waals surface area (Å²) in [4.78, 5) is 15.8. The zero-order valence-corrected chi connectivity index (χ0v) is 26.8. The van der Waals surface area contributed by atoms with Crippen molar-refractivity contribution in [2.45, 2.75) is 71.1 Å². The Kier molecular flexibility index (Phi) is 6.35. The van der Waals surface area contributed by atoms with Crippen LogP contribution in [-0.2, 0) is 0 Å². The molecule has 46 heavy (non-hydrogen) atoms. The molecule has 5 heteroatoms. The molecule has 3 heterocycles. The van der Waals surface area contributed by atoms with Gasteiger partial charge in [-0.05, 0) is 94.5 Å². The van der Waals surface area contributed by atoms with Gasteiger partial charge in [-0.15, -0.1) is 0 Å². The molecule has 3 unspecified atom stereocenters. The molecular formula is C41H38BNO3. The van der Waals surface area contributed by atoms with Crippen molar-refractivity contribution in [3.05, 3.63) is 96.1 Å². The van der Waals surface area contributed by atoms with Crippen LogP contribution in [0.25, 0.3) is 32.7 Å². The Hall–Kier alpha value is -4.51. The molecule has 1 fully saturated rings. The van der Waals surface area contributed by atoms with Gasteiger partial charge >= 0.3 is 6.09 Å². The molecule has 4 nitrogen and oxygen atoms in total. The van der Waals surface area contributed by atoms with E-state index in [-0.39, 0.29) is 12.8 Å².